The van der Waals surface area contributed by atoms with E-state index in [1.54, 1.807) is 0 Å². The number of aromatic amines is 1. The molecule has 20 heavy (non-hydrogen) atoms. The Hall–Kier alpha value is -2.19. The molecule has 4 aromatic rings. The molecule has 2 heteroatoms. The summed E-state index contributed by atoms with van der Waals surface area (Å²) in [7, 11) is 0. The van der Waals surface area contributed by atoms with Crippen molar-refractivity contribution in [1.29, 1.82) is 0 Å². The number of nitrogens with one attached hydrogen (secondary N) is 1. The summed E-state index contributed by atoms with van der Waals surface area (Å²) in [4.78, 5) is 4.44. The molecule has 0 fully saturated rings. The number of benzene rings is 3. The zero-order valence-corrected chi connectivity index (χ0v) is 11.7. The van der Waals surface area contributed by atoms with Crippen molar-refractivity contribution in [2.75, 3.05) is 0 Å². The summed E-state index contributed by atoms with van der Waals surface area (Å²) in [6, 6.07) is 23.2. The molecule has 3 aromatic carbocycles. The molecule has 0 aliphatic heterocycles. The van der Waals surface area contributed by atoms with E-state index >= 15 is 0 Å². The molecule has 1 N–H and O–H groups in total. The molecule has 1 aromatic heterocycles. The van der Waals surface area contributed by atoms with E-state index in [1.165, 1.54) is 27.4 Å². The molecular formula is C18H13NS. The van der Waals surface area contributed by atoms with E-state index in [0.717, 1.165) is 10.4 Å². The van der Waals surface area contributed by atoms with Gasteiger partial charge in [0.05, 0.1) is 0 Å². The highest BCUT2D eigenvalue weighted by Gasteiger charge is 2.06. The Labute approximate surface area is 122 Å². The Morgan fingerprint density at radius 1 is 0.650 bits per heavy atom. The van der Waals surface area contributed by atoms with Crippen LogP contribution in [0.15, 0.2) is 71.6 Å². The molecule has 96 valence electrons. The van der Waals surface area contributed by atoms with Crippen LogP contribution in [0.2, 0.25) is 0 Å². The summed E-state index contributed by atoms with van der Waals surface area (Å²) < 4.78 is 0. The molecular weight excluding hydrogens is 262 g/mol. The van der Waals surface area contributed by atoms with E-state index in [2.05, 4.69) is 72.2 Å². The summed E-state index contributed by atoms with van der Waals surface area (Å²) in [6.07, 6.45) is 0. The summed E-state index contributed by atoms with van der Waals surface area (Å²) in [6.45, 7) is 0. The molecule has 1 heterocycles. The van der Waals surface area contributed by atoms with Gasteiger partial charge in [0.1, 0.15) is 0 Å². The number of H-pyrrole nitrogens is 1. The number of rotatable bonds is 1. The molecule has 1 nitrogen and oxygen atoms in total. The van der Waals surface area contributed by atoms with Crippen LogP contribution in [0, 0.1) is 0 Å². The maximum atomic E-state index is 4.44. The van der Waals surface area contributed by atoms with E-state index in [-0.39, 0.29) is 0 Å². The fourth-order valence-corrected chi connectivity index (χ4v) is 2.90. The predicted octanol–water partition coefficient (Wildman–Crippen LogP) is 5.28. The van der Waals surface area contributed by atoms with Crippen LogP contribution >= 0.6 is 12.6 Å². The fourth-order valence-electron chi connectivity index (χ4n) is 2.70. The summed E-state index contributed by atoms with van der Waals surface area (Å²) >= 11 is 4.44. The topological polar surface area (TPSA) is 15.8 Å². The van der Waals surface area contributed by atoms with Gasteiger partial charge in [0.2, 0.25) is 0 Å². The van der Waals surface area contributed by atoms with Gasteiger partial charge in [-0.1, -0.05) is 36.4 Å². The van der Waals surface area contributed by atoms with Gasteiger partial charge >= 0.3 is 0 Å². The van der Waals surface area contributed by atoms with Gasteiger partial charge in [0, 0.05) is 26.7 Å². The highest BCUT2D eigenvalue weighted by molar-refractivity contribution is 7.80. The third kappa shape index (κ3) is 1.81. The van der Waals surface area contributed by atoms with Crippen LogP contribution in [0.4, 0.5) is 0 Å². The molecule has 0 radical (unpaired) electrons. The first-order chi connectivity index (χ1) is 9.81. The van der Waals surface area contributed by atoms with Crippen molar-refractivity contribution < 1.29 is 0 Å². The second kappa shape index (κ2) is 4.43. The molecule has 0 amide bonds. The van der Waals surface area contributed by atoms with Crippen molar-refractivity contribution >= 4 is 34.4 Å². The van der Waals surface area contributed by atoms with E-state index in [9.17, 15) is 0 Å². The molecule has 0 saturated carbocycles. The number of hydrogen-bond acceptors (Lipinski definition) is 1. The summed E-state index contributed by atoms with van der Waals surface area (Å²) in [5.74, 6) is 0. The zero-order valence-electron chi connectivity index (χ0n) is 10.8. The lowest BCUT2D eigenvalue weighted by atomic mass is 10.0. The minimum absolute atomic E-state index is 0.989. The Morgan fingerprint density at radius 2 is 1.35 bits per heavy atom. The molecule has 0 unspecified atom stereocenters. The second-order valence-corrected chi connectivity index (χ2v) is 5.50. The standard InChI is InChI=1S/C18H13NS/c20-14-7-9-18-16(11-14)15-10-13(6-8-17(15)19-18)12-4-2-1-3-5-12/h1-11,19-20H. The molecule has 0 saturated heterocycles. The third-order valence-corrected chi connectivity index (χ3v) is 3.97. The van der Waals surface area contributed by atoms with Gasteiger partial charge in [-0.2, -0.15) is 0 Å². The average molecular weight is 275 g/mol. The van der Waals surface area contributed by atoms with Crippen LogP contribution in [-0.4, -0.2) is 4.98 Å². The van der Waals surface area contributed by atoms with Crippen LogP contribution in [0.1, 0.15) is 0 Å². The first-order valence-corrected chi connectivity index (χ1v) is 7.06. The lowest BCUT2D eigenvalue weighted by Crippen LogP contribution is -1.76. The van der Waals surface area contributed by atoms with Crippen LogP contribution in [0.25, 0.3) is 32.9 Å². The van der Waals surface area contributed by atoms with Crippen molar-refractivity contribution in [1.82, 2.24) is 4.98 Å². The molecule has 4 rings (SSSR count). The summed E-state index contributed by atoms with van der Waals surface area (Å²) in [5.41, 5.74) is 4.80. The maximum absolute atomic E-state index is 4.44. The predicted molar refractivity (Wildman–Crippen MR) is 88.5 cm³/mol. The fraction of sp³-hybridized carbons (Fsp3) is 0. The zero-order chi connectivity index (χ0) is 13.5. The largest absolute Gasteiger partial charge is 0.355 e. The van der Waals surface area contributed by atoms with Crippen LogP contribution in [0.5, 0.6) is 0 Å². The maximum Gasteiger partial charge on any atom is 0.0465 e. The van der Waals surface area contributed by atoms with Gasteiger partial charge in [0.25, 0.3) is 0 Å². The first kappa shape index (κ1) is 11.6. The second-order valence-electron chi connectivity index (χ2n) is 4.98. The number of hydrogen-bond donors (Lipinski definition) is 2. The number of fused-ring (bicyclic) bond motifs is 3. The minimum Gasteiger partial charge on any atom is -0.355 e. The third-order valence-electron chi connectivity index (χ3n) is 3.69. The Balaban J connectivity index is 2.03. The van der Waals surface area contributed by atoms with Gasteiger partial charge in [-0.05, 0) is 41.5 Å². The lowest BCUT2D eigenvalue weighted by Gasteiger charge is -2.01. The number of aromatic nitrogens is 1. The van der Waals surface area contributed by atoms with Gasteiger partial charge in [-0.25, -0.2) is 0 Å². The highest BCUT2D eigenvalue weighted by Crippen LogP contribution is 2.31. The number of thiol groups is 1. The normalized spacial score (nSPS) is 11.2. The molecule has 0 aliphatic carbocycles. The smallest absolute Gasteiger partial charge is 0.0465 e. The first-order valence-electron chi connectivity index (χ1n) is 6.61. The molecule has 0 aliphatic rings. The van der Waals surface area contributed by atoms with E-state index in [4.69, 9.17) is 0 Å². The monoisotopic (exact) mass is 275 g/mol. The van der Waals surface area contributed by atoms with Crippen LogP contribution in [-0.2, 0) is 0 Å². The van der Waals surface area contributed by atoms with Gasteiger partial charge in [-0.3, -0.25) is 0 Å². The van der Waals surface area contributed by atoms with E-state index in [1.807, 2.05) is 12.1 Å². The molecule has 0 bridgehead atoms. The highest BCUT2D eigenvalue weighted by atomic mass is 32.1. The Morgan fingerprint density at radius 3 is 2.15 bits per heavy atom. The molecule has 0 atom stereocenters. The van der Waals surface area contributed by atoms with Gasteiger partial charge < -0.3 is 4.98 Å². The van der Waals surface area contributed by atoms with Crippen molar-refractivity contribution in [3.8, 4) is 11.1 Å². The molecule has 0 spiro atoms. The van der Waals surface area contributed by atoms with Crippen LogP contribution < -0.4 is 0 Å². The quantitative estimate of drug-likeness (QED) is 0.440. The Bertz CT molecular complexity index is 907. The van der Waals surface area contributed by atoms with E-state index < -0.39 is 0 Å². The van der Waals surface area contributed by atoms with Crippen molar-refractivity contribution in [3.63, 3.8) is 0 Å². The van der Waals surface area contributed by atoms with Crippen molar-refractivity contribution in [2.45, 2.75) is 4.90 Å². The average Bonchev–Trinajstić information content (AvgIpc) is 2.85. The SMILES string of the molecule is Sc1ccc2[nH]c3ccc(-c4ccccc4)cc3c2c1. The van der Waals surface area contributed by atoms with Crippen molar-refractivity contribution in [3.05, 3.63) is 66.7 Å². The Kier molecular flexibility index (Phi) is 2.57. The lowest BCUT2D eigenvalue weighted by molar-refractivity contribution is 1.49. The van der Waals surface area contributed by atoms with Crippen LogP contribution in [0.3, 0.4) is 0 Å². The summed E-state index contributed by atoms with van der Waals surface area (Å²) in [5, 5.41) is 2.47. The van der Waals surface area contributed by atoms with E-state index in [0.29, 0.717) is 0 Å². The van der Waals surface area contributed by atoms with Gasteiger partial charge in [0.15, 0.2) is 0 Å². The van der Waals surface area contributed by atoms with Crippen molar-refractivity contribution in [2.24, 2.45) is 0 Å². The van der Waals surface area contributed by atoms with Gasteiger partial charge in [-0.15, -0.1) is 12.6 Å². The minimum atomic E-state index is 0.989.